The van der Waals surface area contributed by atoms with Crippen molar-refractivity contribution in [3.05, 3.63) is 23.7 Å². The average Bonchev–Trinajstić information content (AvgIpc) is 2.78. The van der Waals surface area contributed by atoms with E-state index in [2.05, 4.69) is 20.8 Å². The first kappa shape index (κ1) is 17.8. The third-order valence-electron chi connectivity index (χ3n) is 4.06. The summed E-state index contributed by atoms with van der Waals surface area (Å²) in [6.07, 6.45) is 2.43. The minimum Gasteiger partial charge on any atom is -0.464 e. The first-order valence-corrected chi connectivity index (χ1v) is 7.73. The van der Waals surface area contributed by atoms with Crippen LogP contribution in [0.4, 0.5) is 0 Å². The molecule has 4 heteroatoms. The average molecular weight is 294 g/mol. The number of aryl methyl sites for hydroxylation is 1. The molecule has 1 atom stereocenters. The number of hydrogen-bond acceptors (Lipinski definition) is 3. The van der Waals surface area contributed by atoms with Gasteiger partial charge in [-0.2, -0.15) is 0 Å². The maximum Gasteiger partial charge on any atom is 0.222 e. The molecule has 0 bridgehead atoms. The van der Waals surface area contributed by atoms with Crippen molar-refractivity contribution in [3.63, 3.8) is 0 Å². The van der Waals surface area contributed by atoms with Crippen molar-refractivity contribution in [2.24, 2.45) is 17.1 Å². The number of nitrogens with two attached hydrogens (primary N) is 1. The Morgan fingerprint density at radius 1 is 1.33 bits per heavy atom. The zero-order chi connectivity index (χ0) is 16.0. The summed E-state index contributed by atoms with van der Waals surface area (Å²) in [4.78, 5) is 14.0. The van der Waals surface area contributed by atoms with Crippen LogP contribution in [0.25, 0.3) is 0 Å². The van der Waals surface area contributed by atoms with Gasteiger partial charge in [0, 0.05) is 13.5 Å². The van der Waals surface area contributed by atoms with Crippen LogP contribution in [0.5, 0.6) is 0 Å². The van der Waals surface area contributed by atoms with E-state index < -0.39 is 0 Å². The maximum atomic E-state index is 12.2. The molecule has 0 aliphatic carbocycles. The summed E-state index contributed by atoms with van der Waals surface area (Å²) in [7, 11) is 1.83. The molecule has 0 saturated carbocycles. The van der Waals surface area contributed by atoms with E-state index >= 15 is 0 Å². The standard InChI is InChI=1S/C17H30N2O2/c1-13-6-8-15(21-13)12-19(5)16(20)9-7-14(10-11-18)17(2,3)4/h6,8,14H,7,9-12,18H2,1-5H3. The van der Waals surface area contributed by atoms with Gasteiger partial charge in [0.05, 0.1) is 6.54 Å². The summed E-state index contributed by atoms with van der Waals surface area (Å²) in [5, 5.41) is 0. The fraction of sp³-hybridized carbons (Fsp3) is 0.706. The molecule has 0 radical (unpaired) electrons. The zero-order valence-corrected chi connectivity index (χ0v) is 14.1. The lowest BCUT2D eigenvalue weighted by atomic mass is 9.76. The molecule has 0 aliphatic heterocycles. The van der Waals surface area contributed by atoms with Crippen LogP contribution in [0.2, 0.25) is 0 Å². The van der Waals surface area contributed by atoms with Gasteiger partial charge in [-0.15, -0.1) is 0 Å². The van der Waals surface area contributed by atoms with E-state index in [0.29, 0.717) is 25.4 Å². The number of furan rings is 1. The van der Waals surface area contributed by atoms with E-state index in [1.54, 1.807) is 4.90 Å². The molecule has 4 nitrogen and oxygen atoms in total. The van der Waals surface area contributed by atoms with Crippen LogP contribution in [-0.2, 0) is 11.3 Å². The number of nitrogens with zero attached hydrogens (tertiary/aromatic N) is 1. The van der Waals surface area contributed by atoms with Gasteiger partial charge in [0.1, 0.15) is 11.5 Å². The second-order valence-corrected chi connectivity index (χ2v) is 6.94. The Bertz CT molecular complexity index is 446. The third kappa shape index (κ3) is 5.92. The second kappa shape index (κ2) is 7.64. The molecule has 1 aromatic rings. The Morgan fingerprint density at radius 3 is 2.48 bits per heavy atom. The highest BCUT2D eigenvalue weighted by Crippen LogP contribution is 2.32. The largest absolute Gasteiger partial charge is 0.464 e. The normalized spacial score (nSPS) is 13.2. The lowest BCUT2D eigenvalue weighted by Crippen LogP contribution is -2.29. The Labute approximate surface area is 128 Å². The Balaban J connectivity index is 2.48. The van der Waals surface area contributed by atoms with Gasteiger partial charge in [-0.3, -0.25) is 4.79 Å². The van der Waals surface area contributed by atoms with Crippen molar-refractivity contribution in [2.45, 2.75) is 53.5 Å². The lowest BCUT2D eigenvalue weighted by molar-refractivity contribution is -0.131. The molecule has 0 fully saturated rings. The summed E-state index contributed by atoms with van der Waals surface area (Å²) in [5.41, 5.74) is 5.88. The van der Waals surface area contributed by atoms with Gasteiger partial charge in [-0.05, 0) is 49.8 Å². The molecule has 0 aliphatic rings. The first-order valence-electron chi connectivity index (χ1n) is 7.73. The van der Waals surface area contributed by atoms with Crippen molar-refractivity contribution in [1.29, 1.82) is 0 Å². The quantitative estimate of drug-likeness (QED) is 0.839. The molecule has 1 heterocycles. The smallest absolute Gasteiger partial charge is 0.222 e. The summed E-state index contributed by atoms with van der Waals surface area (Å²) in [6, 6.07) is 3.84. The van der Waals surface area contributed by atoms with Crippen LogP contribution < -0.4 is 5.73 Å². The molecule has 21 heavy (non-hydrogen) atoms. The van der Waals surface area contributed by atoms with E-state index in [1.165, 1.54) is 0 Å². The number of carbonyl (C=O) groups is 1. The minimum absolute atomic E-state index is 0.162. The molecule has 2 N–H and O–H groups in total. The maximum absolute atomic E-state index is 12.2. The molecule has 0 aromatic carbocycles. The van der Waals surface area contributed by atoms with Crippen LogP contribution in [0.3, 0.4) is 0 Å². The zero-order valence-electron chi connectivity index (χ0n) is 14.1. The second-order valence-electron chi connectivity index (χ2n) is 6.94. The lowest BCUT2D eigenvalue weighted by Gasteiger charge is -2.31. The predicted molar refractivity (Wildman–Crippen MR) is 85.8 cm³/mol. The molecule has 1 unspecified atom stereocenters. The van der Waals surface area contributed by atoms with Gasteiger partial charge >= 0.3 is 0 Å². The number of rotatable bonds is 7. The van der Waals surface area contributed by atoms with Crippen molar-refractivity contribution in [2.75, 3.05) is 13.6 Å². The highest BCUT2D eigenvalue weighted by molar-refractivity contribution is 5.75. The summed E-state index contributed by atoms with van der Waals surface area (Å²) < 4.78 is 5.51. The van der Waals surface area contributed by atoms with Gasteiger partial charge in [-0.25, -0.2) is 0 Å². The number of amides is 1. The summed E-state index contributed by atoms with van der Waals surface area (Å²) in [6.45, 7) is 9.76. The molecule has 0 saturated heterocycles. The topological polar surface area (TPSA) is 59.5 Å². The van der Waals surface area contributed by atoms with Crippen molar-refractivity contribution >= 4 is 5.91 Å². The SMILES string of the molecule is Cc1ccc(CN(C)C(=O)CCC(CCN)C(C)(C)C)o1. The van der Waals surface area contributed by atoms with Gasteiger partial charge in [0.2, 0.25) is 5.91 Å². The third-order valence-corrected chi connectivity index (χ3v) is 4.06. The monoisotopic (exact) mass is 294 g/mol. The van der Waals surface area contributed by atoms with Crippen molar-refractivity contribution in [1.82, 2.24) is 4.90 Å². The van der Waals surface area contributed by atoms with E-state index in [0.717, 1.165) is 24.4 Å². The highest BCUT2D eigenvalue weighted by Gasteiger charge is 2.25. The van der Waals surface area contributed by atoms with Crippen LogP contribution in [0.1, 0.15) is 51.6 Å². The van der Waals surface area contributed by atoms with Crippen LogP contribution in [0.15, 0.2) is 16.5 Å². The van der Waals surface area contributed by atoms with E-state index in [-0.39, 0.29) is 11.3 Å². The molecule has 1 aromatic heterocycles. The molecular formula is C17H30N2O2. The van der Waals surface area contributed by atoms with Gasteiger partial charge in [-0.1, -0.05) is 20.8 Å². The van der Waals surface area contributed by atoms with E-state index in [9.17, 15) is 4.79 Å². The fourth-order valence-corrected chi connectivity index (χ4v) is 2.59. The Morgan fingerprint density at radius 2 is 2.00 bits per heavy atom. The summed E-state index contributed by atoms with van der Waals surface area (Å²) in [5.74, 6) is 2.35. The van der Waals surface area contributed by atoms with Gasteiger partial charge < -0.3 is 15.1 Å². The van der Waals surface area contributed by atoms with Gasteiger partial charge in [0.15, 0.2) is 0 Å². The number of carbonyl (C=O) groups excluding carboxylic acids is 1. The fourth-order valence-electron chi connectivity index (χ4n) is 2.59. The molecular weight excluding hydrogens is 264 g/mol. The molecule has 1 rings (SSSR count). The van der Waals surface area contributed by atoms with Crippen LogP contribution in [-0.4, -0.2) is 24.4 Å². The molecule has 0 spiro atoms. The first-order chi connectivity index (χ1) is 9.74. The number of hydrogen-bond donors (Lipinski definition) is 1. The minimum atomic E-state index is 0.162. The van der Waals surface area contributed by atoms with Crippen molar-refractivity contribution in [3.8, 4) is 0 Å². The highest BCUT2D eigenvalue weighted by atomic mass is 16.3. The molecule has 1 amide bonds. The van der Waals surface area contributed by atoms with Crippen molar-refractivity contribution < 1.29 is 9.21 Å². The molecule has 120 valence electrons. The predicted octanol–water partition coefficient (Wildman–Crippen LogP) is 3.34. The van der Waals surface area contributed by atoms with Crippen LogP contribution >= 0.6 is 0 Å². The Hall–Kier alpha value is -1.29. The van der Waals surface area contributed by atoms with E-state index in [1.807, 2.05) is 26.1 Å². The summed E-state index contributed by atoms with van der Waals surface area (Å²) >= 11 is 0. The van der Waals surface area contributed by atoms with Gasteiger partial charge in [0.25, 0.3) is 0 Å². The van der Waals surface area contributed by atoms with Crippen LogP contribution in [0, 0.1) is 18.3 Å². The van der Waals surface area contributed by atoms with E-state index in [4.69, 9.17) is 10.2 Å². The Kier molecular flexibility index (Phi) is 6.46.